The molecule has 9 nitrogen and oxygen atoms in total. The van der Waals surface area contributed by atoms with Gasteiger partial charge in [0.1, 0.15) is 30.4 Å². The van der Waals surface area contributed by atoms with Crippen molar-refractivity contribution >= 4 is 120 Å². The Morgan fingerprint density at radius 3 is 0.757 bits per heavy atom. The number of hydrogen-bond donors (Lipinski definition) is 0. The first-order valence-corrected chi connectivity index (χ1v) is 15.0. The van der Waals surface area contributed by atoms with Crippen molar-refractivity contribution in [1.82, 2.24) is 0 Å². The fraction of sp³-hybridized carbons (Fsp3) is 0. The molecule has 0 unspecified atom stereocenters. The third kappa shape index (κ3) is 12.7. The minimum absolute atomic E-state index is 0. The average Bonchev–Trinajstić information content (AvgIpc) is 2.65. The molecule has 0 amide bonds. The van der Waals surface area contributed by atoms with Crippen LogP contribution in [0, 0.1) is 0 Å². The van der Waals surface area contributed by atoms with Crippen molar-refractivity contribution in [3.05, 3.63) is 84.7 Å². The van der Waals surface area contributed by atoms with E-state index in [4.69, 9.17) is 69.6 Å². The summed E-state index contributed by atoms with van der Waals surface area (Å²) in [5, 5.41) is 0.389. The Balaban J connectivity index is 0.000000518. The molecule has 0 atom stereocenters. The Morgan fingerprint density at radius 2 is 0.622 bits per heavy atom. The summed E-state index contributed by atoms with van der Waals surface area (Å²) in [5.41, 5.74) is 0. The smallest absolute Gasteiger partial charge is 0.744 e. The Kier molecular flexibility index (Phi) is 14.9. The van der Waals surface area contributed by atoms with Crippen LogP contribution in [0.2, 0.25) is 30.1 Å². The molecule has 0 aromatic heterocycles. The predicted molar refractivity (Wildman–Crippen MR) is 139 cm³/mol. The fourth-order valence-corrected chi connectivity index (χ4v) is 5.71. The van der Waals surface area contributed by atoms with E-state index in [0.717, 1.165) is 18.2 Å². The molecule has 3 aromatic rings. The summed E-state index contributed by atoms with van der Waals surface area (Å²) in [4.78, 5) is -1.35. The second-order valence-corrected chi connectivity index (χ2v) is 12.7. The van der Waals surface area contributed by atoms with Crippen LogP contribution < -0.4 is 0 Å². The molecule has 0 saturated carbocycles. The normalized spacial score (nSPS) is 11.3. The summed E-state index contributed by atoms with van der Waals surface area (Å²) in [7, 11) is -13.5. The average molecular weight is 748 g/mol. The van der Waals surface area contributed by atoms with E-state index in [1.165, 1.54) is 36.4 Å². The zero-order valence-electron chi connectivity index (χ0n) is 17.4. The van der Waals surface area contributed by atoms with Gasteiger partial charge in [0, 0.05) is 15.1 Å². The molecule has 37 heavy (non-hydrogen) atoms. The van der Waals surface area contributed by atoms with Gasteiger partial charge in [-0.3, -0.25) is 0 Å². The molecule has 0 aliphatic rings. The molecule has 0 fully saturated rings. The second-order valence-electron chi connectivity index (χ2n) is 6.09. The summed E-state index contributed by atoms with van der Waals surface area (Å²) in [6.07, 6.45) is 0. The first-order valence-electron chi connectivity index (χ1n) is 8.46. The topological polar surface area (TPSA) is 172 Å². The van der Waals surface area contributed by atoms with Gasteiger partial charge in [0.15, 0.2) is 0 Å². The Labute approximate surface area is 255 Å². The zero-order chi connectivity index (χ0) is 28.1. The van der Waals surface area contributed by atoms with Crippen LogP contribution in [0.3, 0.4) is 0 Å². The maximum Gasteiger partial charge on any atom is 3.00 e. The van der Waals surface area contributed by atoms with E-state index in [1.54, 1.807) is 0 Å². The molecule has 0 heterocycles. The van der Waals surface area contributed by atoms with Crippen molar-refractivity contribution in [2.75, 3.05) is 0 Å². The second kappa shape index (κ2) is 15.0. The molecular weight excluding hydrogens is 739 g/mol. The molecule has 198 valence electrons. The standard InChI is InChI=1S/3C6H4Cl2O3S.Ga/c3*7-4-1-2-6(5(8)3-4)12(9,10)11;/h3*1-3H,(H,9,10,11);/q;;;+3/p-3. The van der Waals surface area contributed by atoms with Crippen LogP contribution in [0.5, 0.6) is 0 Å². The summed E-state index contributed by atoms with van der Waals surface area (Å²) < 4.78 is 94.3. The van der Waals surface area contributed by atoms with Crippen molar-refractivity contribution < 1.29 is 38.9 Å². The van der Waals surface area contributed by atoms with E-state index in [1.807, 2.05) is 0 Å². The van der Waals surface area contributed by atoms with Gasteiger partial charge >= 0.3 is 19.8 Å². The number of halogens is 6. The maximum atomic E-state index is 10.5. The van der Waals surface area contributed by atoms with Gasteiger partial charge in [-0.2, -0.15) is 0 Å². The zero-order valence-corrected chi connectivity index (χ0v) is 26.8. The summed E-state index contributed by atoms with van der Waals surface area (Å²) in [5.74, 6) is 0. The van der Waals surface area contributed by atoms with Gasteiger partial charge in [0.2, 0.25) is 0 Å². The van der Waals surface area contributed by atoms with Gasteiger partial charge in [-0.25, -0.2) is 25.3 Å². The van der Waals surface area contributed by atoms with Crippen molar-refractivity contribution in [3.8, 4) is 0 Å². The van der Waals surface area contributed by atoms with Crippen molar-refractivity contribution in [2.24, 2.45) is 0 Å². The minimum atomic E-state index is -4.49. The molecule has 0 N–H and O–H groups in total. The van der Waals surface area contributed by atoms with E-state index in [0.29, 0.717) is 0 Å². The van der Waals surface area contributed by atoms with E-state index >= 15 is 0 Å². The predicted octanol–water partition coefficient (Wildman–Crippen LogP) is 5.31. The largest absolute Gasteiger partial charge is 3.00 e. The minimum Gasteiger partial charge on any atom is -0.744 e. The van der Waals surface area contributed by atoms with Gasteiger partial charge in [-0.05, 0) is 54.6 Å². The third-order valence-electron chi connectivity index (χ3n) is 3.49. The van der Waals surface area contributed by atoms with Crippen LogP contribution >= 0.6 is 69.6 Å². The van der Waals surface area contributed by atoms with Crippen molar-refractivity contribution in [2.45, 2.75) is 14.7 Å². The van der Waals surface area contributed by atoms with Gasteiger partial charge in [0.05, 0.1) is 29.8 Å². The number of benzene rings is 3. The summed E-state index contributed by atoms with van der Waals surface area (Å²) in [6.45, 7) is 0. The van der Waals surface area contributed by atoms with Gasteiger partial charge in [-0.15, -0.1) is 0 Å². The van der Waals surface area contributed by atoms with Crippen LogP contribution in [-0.2, 0) is 30.4 Å². The quantitative estimate of drug-likeness (QED) is 0.254. The van der Waals surface area contributed by atoms with Crippen LogP contribution in [0.15, 0.2) is 69.3 Å². The molecule has 0 aliphatic heterocycles. The summed E-state index contributed by atoms with van der Waals surface area (Å²) >= 11 is 32.8. The molecule has 3 aromatic carbocycles. The summed E-state index contributed by atoms with van der Waals surface area (Å²) in [6, 6.07) is 10.7. The Bertz CT molecular complexity index is 1390. The van der Waals surface area contributed by atoms with Gasteiger partial charge in [-0.1, -0.05) is 69.6 Å². The molecule has 0 saturated heterocycles. The van der Waals surface area contributed by atoms with E-state index in [9.17, 15) is 38.9 Å². The van der Waals surface area contributed by atoms with Gasteiger partial charge < -0.3 is 13.7 Å². The SMILES string of the molecule is O=S(=O)([O-])c1ccc(Cl)cc1Cl.O=S(=O)([O-])c1ccc(Cl)cc1Cl.O=S(=O)([O-])c1ccc(Cl)cc1Cl.[Ga+3]. The molecule has 19 heteroatoms. The van der Waals surface area contributed by atoms with E-state index in [2.05, 4.69) is 0 Å². The molecule has 3 rings (SSSR count). The molecule has 0 spiro atoms. The Hall–Kier alpha value is -0.234. The Morgan fingerprint density at radius 1 is 0.432 bits per heavy atom. The van der Waals surface area contributed by atoms with E-state index < -0.39 is 45.0 Å². The monoisotopic (exact) mass is 744 g/mol. The molecular formula is C18H9Cl6GaO9S3. The van der Waals surface area contributed by atoms with Crippen molar-refractivity contribution in [3.63, 3.8) is 0 Å². The third-order valence-corrected chi connectivity index (χ3v) is 8.15. The van der Waals surface area contributed by atoms with Crippen molar-refractivity contribution in [1.29, 1.82) is 0 Å². The first-order chi connectivity index (χ1) is 16.2. The van der Waals surface area contributed by atoms with Crippen LogP contribution in [-0.4, -0.2) is 58.7 Å². The molecule has 0 aliphatic carbocycles. The van der Waals surface area contributed by atoms with Crippen LogP contribution in [0.1, 0.15) is 0 Å². The first kappa shape index (κ1) is 36.8. The molecule has 0 bridgehead atoms. The van der Waals surface area contributed by atoms with Crippen LogP contribution in [0.25, 0.3) is 0 Å². The number of rotatable bonds is 3. The fourth-order valence-electron chi connectivity index (χ4n) is 2.03. The number of hydrogen-bond acceptors (Lipinski definition) is 9. The van der Waals surface area contributed by atoms with Crippen LogP contribution in [0.4, 0.5) is 0 Å². The maximum absolute atomic E-state index is 10.5. The molecule has 0 radical (unpaired) electrons. The van der Waals surface area contributed by atoms with Gasteiger partial charge in [0.25, 0.3) is 0 Å². The van der Waals surface area contributed by atoms with E-state index in [-0.39, 0.29) is 49.9 Å².